The van der Waals surface area contributed by atoms with Gasteiger partial charge in [0.25, 0.3) is 0 Å². The topological polar surface area (TPSA) is 105 Å². The quantitative estimate of drug-likeness (QED) is 0.648. The molecule has 0 bridgehead atoms. The number of amides is 3. The van der Waals surface area contributed by atoms with Gasteiger partial charge in [-0.05, 0) is 18.2 Å². The lowest BCUT2D eigenvalue weighted by Gasteiger charge is -2.17. The fraction of sp³-hybridized carbons (Fsp3) is 0.357. The summed E-state index contributed by atoms with van der Waals surface area (Å²) in [6, 6.07) is 2.92. The first kappa shape index (κ1) is 24.0. The minimum Gasteiger partial charge on any atom is -0.346 e. The number of alkyl halides is 3. The summed E-state index contributed by atoms with van der Waals surface area (Å²) in [7, 11) is 1.31. The van der Waals surface area contributed by atoms with E-state index in [1.54, 1.807) is 0 Å². The first-order chi connectivity index (χ1) is 11.5. The molecule has 0 spiro atoms. The van der Waals surface area contributed by atoms with Crippen LogP contribution in [0.15, 0.2) is 18.2 Å². The maximum absolute atomic E-state index is 12.8. The van der Waals surface area contributed by atoms with Crippen LogP contribution < -0.4 is 16.4 Å². The van der Waals surface area contributed by atoms with Crippen molar-refractivity contribution in [2.45, 2.75) is 6.18 Å². The third-order valence-electron chi connectivity index (χ3n) is 2.98. The summed E-state index contributed by atoms with van der Waals surface area (Å²) in [4.78, 5) is 35.5. The van der Waals surface area contributed by atoms with Crippen LogP contribution >= 0.6 is 24.0 Å². The minimum absolute atomic E-state index is 0. The summed E-state index contributed by atoms with van der Waals surface area (Å²) < 4.78 is 38.3. The molecule has 26 heavy (non-hydrogen) atoms. The summed E-state index contributed by atoms with van der Waals surface area (Å²) >= 11 is 5.49. The highest BCUT2D eigenvalue weighted by Gasteiger charge is 2.33. The van der Waals surface area contributed by atoms with Gasteiger partial charge in [0.05, 0.1) is 30.2 Å². The predicted octanol–water partition coefficient (Wildman–Crippen LogP) is 1.25. The Hall–Kier alpha value is -2.04. The molecule has 1 aromatic carbocycles. The molecule has 0 aromatic heterocycles. The van der Waals surface area contributed by atoms with Gasteiger partial charge < -0.3 is 21.3 Å². The van der Waals surface area contributed by atoms with E-state index in [4.69, 9.17) is 17.3 Å². The van der Waals surface area contributed by atoms with Gasteiger partial charge in [-0.2, -0.15) is 13.2 Å². The average molecular weight is 417 g/mol. The standard InChI is InChI=1S/C14H16ClF3N4O3.ClH/c1-22(13(25)6-20-11(23)5-19)7-12(24)21-8-2-3-10(15)9(4-8)14(16,17)18;/h2-4H,5-7,19H2,1H3,(H,20,23)(H,21,24);1H. The van der Waals surface area contributed by atoms with Crippen molar-refractivity contribution < 1.29 is 27.6 Å². The Morgan fingerprint density at radius 3 is 2.38 bits per heavy atom. The molecular weight excluding hydrogens is 400 g/mol. The SMILES string of the molecule is CN(CC(=O)Nc1ccc(Cl)c(C(F)(F)F)c1)C(=O)CNC(=O)CN.Cl. The first-order valence-electron chi connectivity index (χ1n) is 6.92. The smallest absolute Gasteiger partial charge is 0.346 e. The maximum Gasteiger partial charge on any atom is 0.417 e. The van der Waals surface area contributed by atoms with Crippen LogP contribution in [0.4, 0.5) is 18.9 Å². The van der Waals surface area contributed by atoms with E-state index in [2.05, 4.69) is 10.6 Å². The van der Waals surface area contributed by atoms with Crippen molar-refractivity contribution in [2.24, 2.45) is 5.73 Å². The van der Waals surface area contributed by atoms with Crippen LogP contribution in [0.25, 0.3) is 0 Å². The molecule has 1 rings (SSSR count). The van der Waals surface area contributed by atoms with Crippen LogP contribution in [0.5, 0.6) is 0 Å². The molecule has 0 aliphatic rings. The van der Waals surface area contributed by atoms with E-state index in [1.165, 1.54) is 13.1 Å². The maximum atomic E-state index is 12.8. The van der Waals surface area contributed by atoms with Gasteiger partial charge in [-0.1, -0.05) is 11.6 Å². The Labute approximate surface area is 158 Å². The van der Waals surface area contributed by atoms with Gasteiger partial charge in [-0.15, -0.1) is 12.4 Å². The van der Waals surface area contributed by atoms with Gasteiger partial charge in [0, 0.05) is 12.7 Å². The van der Waals surface area contributed by atoms with Crippen LogP contribution in [-0.2, 0) is 20.6 Å². The van der Waals surface area contributed by atoms with Gasteiger partial charge in [0.1, 0.15) is 0 Å². The molecule has 0 aliphatic heterocycles. The number of nitrogens with zero attached hydrogens (tertiary/aromatic N) is 1. The number of rotatable bonds is 6. The van der Waals surface area contributed by atoms with E-state index in [0.29, 0.717) is 6.07 Å². The highest BCUT2D eigenvalue weighted by molar-refractivity contribution is 6.31. The number of hydrogen-bond acceptors (Lipinski definition) is 4. The van der Waals surface area contributed by atoms with E-state index < -0.39 is 41.0 Å². The minimum atomic E-state index is -4.66. The van der Waals surface area contributed by atoms with Crippen molar-refractivity contribution in [3.8, 4) is 0 Å². The molecule has 0 atom stereocenters. The molecular formula is C14H17Cl2F3N4O3. The number of halogens is 5. The van der Waals surface area contributed by atoms with Crippen molar-refractivity contribution in [3.63, 3.8) is 0 Å². The van der Waals surface area contributed by atoms with Gasteiger partial charge in [-0.25, -0.2) is 0 Å². The number of carbonyl (C=O) groups excluding carboxylic acids is 3. The number of benzene rings is 1. The summed E-state index contributed by atoms with van der Waals surface area (Å²) in [6.45, 7) is -1.05. The highest BCUT2D eigenvalue weighted by Crippen LogP contribution is 2.36. The van der Waals surface area contributed by atoms with E-state index in [0.717, 1.165) is 11.0 Å². The molecule has 0 saturated carbocycles. The first-order valence-corrected chi connectivity index (χ1v) is 7.29. The van der Waals surface area contributed by atoms with E-state index in [-0.39, 0.29) is 31.2 Å². The fourth-order valence-electron chi connectivity index (χ4n) is 1.71. The van der Waals surface area contributed by atoms with E-state index >= 15 is 0 Å². The van der Waals surface area contributed by atoms with Gasteiger partial charge in [0.2, 0.25) is 17.7 Å². The normalized spacial score (nSPS) is 10.5. The second kappa shape index (κ2) is 10.2. The van der Waals surface area contributed by atoms with Crippen molar-refractivity contribution in [1.29, 1.82) is 0 Å². The van der Waals surface area contributed by atoms with Crippen molar-refractivity contribution in [2.75, 3.05) is 32.0 Å². The Morgan fingerprint density at radius 1 is 1.23 bits per heavy atom. The summed E-state index contributed by atoms with van der Waals surface area (Å²) in [5, 5.41) is 3.99. The lowest BCUT2D eigenvalue weighted by Crippen LogP contribution is -2.42. The molecule has 0 aliphatic carbocycles. The van der Waals surface area contributed by atoms with Crippen LogP contribution in [0.2, 0.25) is 5.02 Å². The number of nitrogens with one attached hydrogen (secondary N) is 2. The Bertz CT molecular complexity index is 671. The summed E-state index contributed by atoms with van der Waals surface area (Å²) in [5.74, 6) is -1.81. The van der Waals surface area contributed by atoms with Crippen LogP contribution in [-0.4, -0.2) is 49.3 Å². The lowest BCUT2D eigenvalue weighted by atomic mass is 10.2. The second-order valence-corrected chi connectivity index (χ2v) is 5.38. The molecule has 0 radical (unpaired) electrons. The largest absolute Gasteiger partial charge is 0.417 e. The number of likely N-dealkylation sites (N-methyl/N-ethyl adjacent to an activating group) is 1. The number of nitrogens with two attached hydrogens (primary N) is 1. The number of hydrogen-bond donors (Lipinski definition) is 3. The molecule has 0 saturated heterocycles. The monoisotopic (exact) mass is 416 g/mol. The average Bonchev–Trinajstić information content (AvgIpc) is 2.52. The molecule has 0 heterocycles. The van der Waals surface area contributed by atoms with E-state index in [1.807, 2.05) is 0 Å². The molecule has 7 nitrogen and oxygen atoms in total. The third kappa shape index (κ3) is 7.46. The number of anilines is 1. The van der Waals surface area contributed by atoms with Gasteiger partial charge in [-0.3, -0.25) is 14.4 Å². The molecule has 0 unspecified atom stereocenters. The van der Waals surface area contributed by atoms with Crippen molar-refractivity contribution in [3.05, 3.63) is 28.8 Å². The molecule has 3 amide bonds. The molecule has 1 aromatic rings. The zero-order valence-electron chi connectivity index (χ0n) is 13.5. The Balaban J connectivity index is 0.00000625. The predicted molar refractivity (Wildman–Crippen MR) is 92.0 cm³/mol. The summed E-state index contributed by atoms with van der Waals surface area (Å²) in [5.41, 5.74) is 3.87. The van der Waals surface area contributed by atoms with Crippen LogP contribution in [0, 0.1) is 0 Å². The zero-order chi connectivity index (χ0) is 19.2. The van der Waals surface area contributed by atoms with Crippen molar-refractivity contribution >= 4 is 47.4 Å². The van der Waals surface area contributed by atoms with Gasteiger partial charge >= 0.3 is 6.18 Å². The second-order valence-electron chi connectivity index (χ2n) is 4.97. The highest BCUT2D eigenvalue weighted by atomic mass is 35.5. The molecule has 4 N–H and O–H groups in total. The Morgan fingerprint density at radius 2 is 1.85 bits per heavy atom. The number of carbonyl (C=O) groups is 3. The third-order valence-corrected chi connectivity index (χ3v) is 3.31. The van der Waals surface area contributed by atoms with E-state index in [9.17, 15) is 27.6 Å². The lowest BCUT2D eigenvalue weighted by molar-refractivity contribution is -0.137. The van der Waals surface area contributed by atoms with Gasteiger partial charge in [0.15, 0.2) is 0 Å². The Kier molecular flexibility index (Phi) is 9.39. The zero-order valence-corrected chi connectivity index (χ0v) is 15.1. The van der Waals surface area contributed by atoms with Crippen molar-refractivity contribution in [1.82, 2.24) is 10.2 Å². The molecule has 12 heteroatoms. The molecule has 0 fully saturated rings. The van der Waals surface area contributed by atoms with Crippen LogP contribution in [0.3, 0.4) is 0 Å². The van der Waals surface area contributed by atoms with Crippen LogP contribution in [0.1, 0.15) is 5.56 Å². The fourth-order valence-corrected chi connectivity index (χ4v) is 1.93. The molecule has 146 valence electrons. The summed E-state index contributed by atoms with van der Waals surface area (Å²) in [6.07, 6.45) is -4.66.